The quantitative estimate of drug-likeness (QED) is 0.347. The molecule has 0 saturated heterocycles. The van der Waals surface area contributed by atoms with E-state index < -0.39 is 28.5 Å². The fourth-order valence-electron chi connectivity index (χ4n) is 3.78. The van der Waals surface area contributed by atoms with Crippen molar-refractivity contribution in [2.45, 2.75) is 30.8 Å². The number of carbonyl (C=O) groups excluding carboxylic acids is 2. The second kappa shape index (κ2) is 12.6. The summed E-state index contributed by atoms with van der Waals surface area (Å²) in [6.07, 6.45) is 0.295. The largest absolute Gasteiger partial charge is 0.357 e. The second-order valence-electron chi connectivity index (χ2n) is 8.10. The van der Waals surface area contributed by atoms with Crippen LogP contribution >= 0.6 is 34.8 Å². The Bertz CT molecular complexity index is 1350. The molecule has 196 valence electrons. The maximum atomic E-state index is 13.8. The minimum atomic E-state index is -4.14. The Kier molecular flexibility index (Phi) is 9.84. The maximum Gasteiger partial charge on any atom is 0.264 e. The van der Waals surface area contributed by atoms with Gasteiger partial charge in [0.2, 0.25) is 11.8 Å². The first-order chi connectivity index (χ1) is 17.6. The highest BCUT2D eigenvalue weighted by Gasteiger charge is 2.33. The zero-order valence-electron chi connectivity index (χ0n) is 20.2. The molecule has 3 aromatic rings. The smallest absolute Gasteiger partial charge is 0.264 e. The average Bonchev–Trinajstić information content (AvgIpc) is 2.89. The molecule has 3 aromatic carbocycles. The monoisotopic (exact) mass is 581 g/mol. The van der Waals surface area contributed by atoms with Crippen LogP contribution in [-0.4, -0.2) is 44.8 Å². The van der Waals surface area contributed by atoms with Crippen LogP contribution in [0, 0.1) is 0 Å². The van der Waals surface area contributed by atoms with E-state index in [0.717, 1.165) is 4.31 Å². The highest BCUT2D eigenvalue weighted by Crippen LogP contribution is 2.27. The fraction of sp³-hybridized carbons (Fsp3) is 0.231. The summed E-state index contributed by atoms with van der Waals surface area (Å²) in [4.78, 5) is 27.9. The number of halogens is 3. The summed E-state index contributed by atoms with van der Waals surface area (Å²) in [7, 11) is -2.67. The Morgan fingerprint density at radius 3 is 2.11 bits per heavy atom. The summed E-state index contributed by atoms with van der Waals surface area (Å²) < 4.78 is 28.3. The van der Waals surface area contributed by atoms with Crippen LogP contribution in [0.25, 0.3) is 0 Å². The first-order valence-corrected chi connectivity index (χ1v) is 13.9. The van der Waals surface area contributed by atoms with E-state index in [4.69, 9.17) is 34.8 Å². The summed E-state index contributed by atoms with van der Waals surface area (Å²) in [5, 5.41) is 3.74. The third-order valence-corrected chi connectivity index (χ3v) is 8.34. The van der Waals surface area contributed by atoms with E-state index >= 15 is 0 Å². The molecule has 0 aliphatic carbocycles. The lowest BCUT2D eigenvalue weighted by Crippen LogP contribution is -2.51. The lowest BCUT2D eigenvalue weighted by Gasteiger charge is -2.33. The van der Waals surface area contributed by atoms with Gasteiger partial charge in [-0.05, 0) is 60.5 Å². The fourth-order valence-corrected chi connectivity index (χ4v) is 5.80. The highest BCUT2D eigenvalue weighted by atomic mass is 35.5. The Morgan fingerprint density at radius 1 is 0.919 bits per heavy atom. The van der Waals surface area contributed by atoms with E-state index in [-0.39, 0.29) is 23.0 Å². The van der Waals surface area contributed by atoms with Crippen LogP contribution in [0.4, 0.5) is 5.69 Å². The molecule has 0 heterocycles. The molecule has 11 heteroatoms. The third-order valence-electron chi connectivity index (χ3n) is 5.71. The normalized spacial score (nSPS) is 12.0. The zero-order chi connectivity index (χ0) is 27.2. The van der Waals surface area contributed by atoms with Crippen molar-refractivity contribution in [1.82, 2.24) is 10.2 Å². The average molecular weight is 583 g/mol. The van der Waals surface area contributed by atoms with Crippen LogP contribution in [-0.2, 0) is 26.2 Å². The number of hydrogen-bond acceptors (Lipinski definition) is 4. The molecule has 0 saturated carbocycles. The van der Waals surface area contributed by atoms with Crippen molar-refractivity contribution in [1.29, 1.82) is 0 Å². The number of benzene rings is 3. The molecule has 0 spiro atoms. The standard InChI is InChI=1S/C26H26Cl3N3O4S/c1-3-24(26(34)30-2)31(16-18-9-10-20(28)15-23(18)29)25(33)17-32(21-13-11-19(27)12-14-21)37(35,36)22-7-5-4-6-8-22/h4-15,24H,3,16-17H2,1-2H3,(H,30,34). The first-order valence-electron chi connectivity index (χ1n) is 11.4. The molecule has 37 heavy (non-hydrogen) atoms. The van der Waals surface area contributed by atoms with E-state index in [0.29, 0.717) is 27.1 Å². The van der Waals surface area contributed by atoms with E-state index in [2.05, 4.69) is 5.32 Å². The number of sulfonamides is 1. The molecule has 1 N–H and O–H groups in total. The molecule has 0 bridgehead atoms. The van der Waals surface area contributed by atoms with E-state index in [1.165, 1.54) is 36.2 Å². The Hall–Kier alpha value is -2.78. The molecule has 1 unspecified atom stereocenters. The summed E-state index contributed by atoms with van der Waals surface area (Å²) in [6, 6.07) is 17.9. The third kappa shape index (κ3) is 6.96. The molecule has 0 fully saturated rings. The van der Waals surface area contributed by atoms with Gasteiger partial charge >= 0.3 is 0 Å². The van der Waals surface area contributed by atoms with E-state index in [9.17, 15) is 18.0 Å². The van der Waals surface area contributed by atoms with Crippen molar-refractivity contribution in [2.75, 3.05) is 17.9 Å². The maximum absolute atomic E-state index is 13.8. The van der Waals surface area contributed by atoms with Crippen LogP contribution in [0.5, 0.6) is 0 Å². The van der Waals surface area contributed by atoms with Gasteiger partial charge in [0.1, 0.15) is 12.6 Å². The second-order valence-corrected chi connectivity index (χ2v) is 11.2. The minimum absolute atomic E-state index is 0.0170. The summed E-state index contributed by atoms with van der Waals surface area (Å²) in [5.74, 6) is -0.971. The van der Waals surface area contributed by atoms with Crippen molar-refractivity contribution < 1.29 is 18.0 Å². The molecule has 1 atom stereocenters. The highest BCUT2D eigenvalue weighted by molar-refractivity contribution is 7.92. The summed E-state index contributed by atoms with van der Waals surface area (Å²) in [5.41, 5.74) is 0.810. The van der Waals surface area contributed by atoms with Gasteiger partial charge in [0.25, 0.3) is 10.0 Å². The van der Waals surface area contributed by atoms with Crippen LogP contribution < -0.4 is 9.62 Å². The summed E-state index contributed by atoms with van der Waals surface area (Å²) in [6.45, 7) is 1.18. The first kappa shape index (κ1) is 28.8. The Morgan fingerprint density at radius 2 is 1.54 bits per heavy atom. The molecule has 3 rings (SSSR count). The van der Waals surface area contributed by atoms with Crippen LogP contribution in [0.1, 0.15) is 18.9 Å². The minimum Gasteiger partial charge on any atom is -0.357 e. The predicted octanol–water partition coefficient (Wildman–Crippen LogP) is 5.40. The molecular formula is C26H26Cl3N3O4S. The number of anilines is 1. The van der Waals surface area contributed by atoms with Gasteiger partial charge in [-0.1, -0.05) is 66.0 Å². The number of nitrogens with one attached hydrogen (secondary N) is 1. The van der Waals surface area contributed by atoms with Crippen molar-refractivity contribution in [2.24, 2.45) is 0 Å². The van der Waals surface area contributed by atoms with E-state index in [1.54, 1.807) is 55.5 Å². The van der Waals surface area contributed by atoms with Gasteiger partial charge < -0.3 is 10.2 Å². The van der Waals surface area contributed by atoms with Crippen molar-refractivity contribution in [3.05, 3.63) is 93.4 Å². The Labute approximate surface area is 232 Å². The van der Waals surface area contributed by atoms with Crippen molar-refractivity contribution in [3.63, 3.8) is 0 Å². The van der Waals surface area contributed by atoms with Crippen molar-refractivity contribution >= 4 is 62.3 Å². The predicted molar refractivity (Wildman–Crippen MR) is 148 cm³/mol. The van der Waals surface area contributed by atoms with Crippen LogP contribution in [0.3, 0.4) is 0 Å². The molecule has 2 amide bonds. The Balaban J connectivity index is 2.06. The van der Waals surface area contributed by atoms with Crippen LogP contribution in [0.2, 0.25) is 15.1 Å². The molecular weight excluding hydrogens is 557 g/mol. The van der Waals surface area contributed by atoms with Gasteiger partial charge in [-0.2, -0.15) is 0 Å². The number of rotatable bonds is 10. The number of likely N-dealkylation sites (N-methyl/N-ethyl adjacent to an activating group) is 1. The zero-order valence-corrected chi connectivity index (χ0v) is 23.3. The van der Waals surface area contributed by atoms with Crippen LogP contribution in [0.15, 0.2) is 77.7 Å². The molecule has 7 nitrogen and oxygen atoms in total. The lowest BCUT2D eigenvalue weighted by atomic mass is 10.1. The molecule has 0 aliphatic rings. The molecule has 0 aliphatic heterocycles. The summed E-state index contributed by atoms with van der Waals surface area (Å²) >= 11 is 18.4. The topological polar surface area (TPSA) is 86.8 Å². The number of amides is 2. The van der Waals surface area contributed by atoms with Gasteiger partial charge in [-0.3, -0.25) is 13.9 Å². The van der Waals surface area contributed by atoms with Crippen molar-refractivity contribution in [3.8, 4) is 0 Å². The number of carbonyl (C=O) groups is 2. The van der Waals surface area contributed by atoms with Gasteiger partial charge in [-0.25, -0.2) is 8.42 Å². The SMILES string of the molecule is CCC(C(=O)NC)N(Cc1ccc(Cl)cc1Cl)C(=O)CN(c1ccc(Cl)cc1)S(=O)(=O)c1ccccc1. The van der Waals surface area contributed by atoms with Gasteiger partial charge in [0.05, 0.1) is 10.6 Å². The molecule has 0 radical (unpaired) electrons. The van der Waals surface area contributed by atoms with Gasteiger partial charge in [-0.15, -0.1) is 0 Å². The van der Waals surface area contributed by atoms with E-state index in [1.807, 2.05) is 0 Å². The van der Waals surface area contributed by atoms with Gasteiger partial charge in [0.15, 0.2) is 0 Å². The lowest BCUT2D eigenvalue weighted by molar-refractivity contribution is -0.140. The molecule has 0 aromatic heterocycles. The van der Waals surface area contributed by atoms with Gasteiger partial charge in [0, 0.05) is 28.7 Å². The number of nitrogens with zero attached hydrogens (tertiary/aromatic N) is 2. The number of hydrogen-bond donors (Lipinski definition) is 1.